The highest BCUT2D eigenvalue weighted by Crippen LogP contribution is 1.96. The van der Waals surface area contributed by atoms with E-state index in [1.807, 2.05) is 0 Å². The number of hydrogen-bond acceptors (Lipinski definition) is 6. The Morgan fingerprint density at radius 3 is 2.47 bits per heavy atom. The van der Waals surface area contributed by atoms with Gasteiger partial charge in [-0.1, -0.05) is 6.58 Å². The minimum Gasteiger partial charge on any atom is -0.389 e. The fourth-order valence-electron chi connectivity index (χ4n) is 0.528. The van der Waals surface area contributed by atoms with Crippen molar-refractivity contribution in [3.05, 3.63) is 12.2 Å². The molecule has 0 amide bonds. The van der Waals surface area contributed by atoms with E-state index < -0.39 is 34.6 Å². The van der Waals surface area contributed by atoms with Crippen LogP contribution >= 0.6 is 0 Å². The van der Waals surface area contributed by atoms with Crippen LogP contribution in [-0.2, 0) is 24.7 Å². The number of aliphatic hydroxyl groups excluding tert-OH is 1. The van der Waals surface area contributed by atoms with Crippen molar-refractivity contribution < 1.29 is 32.6 Å². The molecule has 2 N–H and O–H groups in total. The lowest BCUT2D eigenvalue weighted by atomic mass is 10.4. The monoisotopic (exact) mass is 240 g/mol. The molecule has 0 spiro atoms. The molecule has 1 atom stereocenters. The molecule has 0 bridgehead atoms. The summed E-state index contributed by atoms with van der Waals surface area (Å²) < 4.78 is 28.8. The van der Waals surface area contributed by atoms with Crippen LogP contribution in [0.2, 0.25) is 0 Å². The molecule has 0 saturated carbocycles. The summed E-state index contributed by atoms with van der Waals surface area (Å²) in [5.41, 5.74) is 0.0965. The lowest BCUT2D eigenvalue weighted by molar-refractivity contribution is -0.276. The van der Waals surface area contributed by atoms with Crippen LogP contribution in [0.5, 0.6) is 0 Å². The summed E-state index contributed by atoms with van der Waals surface area (Å²) in [6.45, 7) is 4.09. The molecule has 1 unspecified atom stereocenters. The van der Waals surface area contributed by atoms with Crippen molar-refractivity contribution in [2.24, 2.45) is 0 Å². The molecule has 15 heavy (non-hydrogen) atoms. The molecule has 88 valence electrons. The van der Waals surface area contributed by atoms with E-state index >= 15 is 0 Å². The highest BCUT2D eigenvalue weighted by atomic mass is 32.2. The first-order valence-corrected chi connectivity index (χ1v) is 5.46. The van der Waals surface area contributed by atoms with Crippen molar-refractivity contribution in [1.29, 1.82) is 0 Å². The van der Waals surface area contributed by atoms with Crippen molar-refractivity contribution >= 4 is 16.1 Å². The van der Waals surface area contributed by atoms with Gasteiger partial charge in [0.2, 0.25) is 0 Å². The second kappa shape index (κ2) is 5.81. The Balaban J connectivity index is 3.78. The molecule has 0 fully saturated rings. The molecule has 0 aliphatic rings. The number of carbonyl (C=O) groups is 1. The average Bonchev–Trinajstić information content (AvgIpc) is 2.00. The van der Waals surface area contributed by atoms with Gasteiger partial charge in [0, 0.05) is 5.57 Å². The predicted molar refractivity (Wildman–Crippen MR) is 49.3 cm³/mol. The molecule has 0 heterocycles. The molecule has 0 rings (SSSR count). The SMILES string of the molecule is C=C(C)C(=O)OOCC(O)CS(=O)(=O)O. The first-order chi connectivity index (χ1) is 6.72. The van der Waals surface area contributed by atoms with Crippen LogP contribution in [0.1, 0.15) is 6.92 Å². The minimum absolute atomic E-state index is 0.0965. The third-order valence-corrected chi connectivity index (χ3v) is 1.95. The molecular formula is C7H12O7S. The lowest BCUT2D eigenvalue weighted by Gasteiger charge is -2.07. The molecule has 0 aliphatic carbocycles. The largest absolute Gasteiger partial charge is 0.389 e. The van der Waals surface area contributed by atoms with Gasteiger partial charge < -0.3 is 5.11 Å². The van der Waals surface area contributed by atoms with Gasteiger partial charge in [0.1, 0.15) is 12.4 Å². The molecule has 0 saturated heterocycles. The summed E-state index contributed by atoms with van der Waals surface area (Å²) in [7, 11) is -4.28. The van der Waals surface area contributed by atoms with E-state index in [1.54, 1.807) is 0 Å². The summed E-state index contributed by atoms with van der Waals surface area (Å²) in [6.07, 6.45) is -1.47. The third-order valence-electron chi connectivity index (χ3n) is 1.15. The first-order valence-electron chi connectivity index (χ1n) is 3.85. The topological polar surface area (TPSA) is 110 Å². The van der Waals surface area contributed by atoms with E-state index in [1.165, 1.54) is 6.92 Å². The summed E-state index contributed by atoms with van der Waals surface area (Å²) in [6, 6.07) is 0. The number of hydrogen-bond donors (Lipinski definition) is 2. The zero-order chi connectivity index (χ0) is 12.1. The fourth-order valence-corrected chi connectivity index (χ4v) is 1.11. The number of aliphatic hydroxyl groups is 1. The van der Waals surface area contributed by atoms with Crippen LogP contribution in [0.3, 0.4) is 0 Å². The second-order valence-electron chi connectivity index (χ2n) is 2.84. The van der Waals surface area contributed by atoms with Crippen molar-refractivity contribution in [3.63, 3.8) is 0 Å². The minimum atomic E-state index is -4.28. The van der Waals surface area contributed by atoms with Gasteiger partial charge >= 0.3 is 5.97 Å². The van der Waals surface area contributed by atoms with Gasteiger partial charge in [-0.25, -0.2) is 4.79 Å². The van der Waals surface area contributed by atoms with Crippen molar-refractivity contribution in [1.82, 2.24) is 0 Å². The maximum absolute atomic E-state index is 10.7. The molecule has 0 aromatic rings. The van der Waals surface area contributed by atoms with Crippen LogP contribution in [0.15, 0.2) is 12.2 Å². The molecule has 0 aromatic heterocycles. The van der Waals surface area contributed by atoms with Gasteiger partial charge in [-0.05, 0) is 6.92 Å². The Morgan fingerprint density at radius 2 is 2.07 bits per heavy atom. The van der Waals surface area contributed by atoms with Crippen LogP contribution in [0, 0.1) is 0 Å². The summed E-state index contributed by atoms with van der Waals surface area (Å²) in [5.74, 6) is -1.72. The van der Waals surface area contributed by atoms with E-state index in [0.717, 1.165) is 0 Å². The Labute approximate surface area is 87.0 Å². The zero-order valence-corrected chi connectivity index (χ0v) is 8.86. The molecular weight excluding hydrogens is 228 g/mol. The normalized spacial score (nSPS) is 13.3. The van der Waals surface area contributed by atoms with Gasteiger partial charge in [0.05, 0.1) is 6.10 Å². The standard InChI is InChI=1S/C7H12O7S/c1-5(2)7(9)14-13-3-6(8)4-15(10,11)12/h6,8H,1,3-4H2,2H3,(H,10,11,12). The average molecular weight is 240 g/mol. The Bertz CT molecular complexity index is 331. The van der Waals surface area contributed by atoms with Crippen LogP contribution in [-0.4, -0.2) is 42.5 Å². The van der Waals surface area contributed by atoms with Crippen LogP contribution in [0.4, 0.5) is 0 Å². The predicted octanol–water partition coefficient (Wildman–Crippen LogP) is -0.714. The lowest BCUT2D eigenvalue weighted by Crippen LogP contribution is -2.26. The second-order valence-corrected chi connectivity index (χ2v) is 4.34. The maximum atomic E-state index is 10.7. The first kappa shape index (κ1) is 14.0. The molecule has 0 aromatic carbocycles. The van der Waals surface area contributed by atoms with E-state index in [0.29, 0.717) is 0 Å². The van der Waals surface area contributed by atoms with Crippen LogP contribution in [0.25, 0.3) is 0 Å². The van der Waals surface area contributed by atoms with E-state index in [2.05, 4.69) is 16.4 Å². The Kier molecular flexibility index (Phi) is 5.44. The summed E-state index contributed by atoms with van der Waals surface area (Å²) in [5, 5.41) is 8.96. The number of rotatable bonds is 6. The van der Waals surface area contributed by atoms with Gasteiger partial charge in [-0.3, -0.25) is 9.44 Å². The van der Waals surface area contributed by atoms with Crippen LogP contribution < -0.4 is 0 Å². The van der Waals surface area contributed by atoms with E-state index in [-0.39, 0.29) is 5.57 Å². The quantitative estimate of drug-likeness (QED) is 0.273. The Hall–Kier alpha value is -0.960. The fraction of sp³-hybridized carbons (Fsp3) is 0.571. The summed E-state index contributed by atoms with van der Waals surface area (Å²) >= 11 is 0. The van der Waals surface area contributed by atoms with Gasteiger partial charge in [0.15, 0.2) is 0 Å². The molecule has 0 radical (unpaired) electrons. The van der Waals surface area contributed by atoms with Crippen molar-refractivity contribution in [3.8, 4) is 0 Å². The van der Waals surface area contributed by atoms with Crippen molar-refractivity contribution in [2.75, 3.05) is 12.4 Å². The number of carbonyl (C=O) groups excluding carboxylic acids is 1. The zero-order valence-electron chi connectivity index (χ0n) is 8.04. The third kappa shape index (κ3) is 8.06. The van der Waals surface area contributed by atoms with E-state index in [9.17, 15) is 13.2 Å². The molecule has 0 aliphatic heterocycles. The van der Waals surface area contributed by atoms with Gasteiger partial charge in [-0.2, -0.15) is 13.3 Å². The van der Waals surface area contributed by atoms with Gasteiger partial charge in [-0.15, -0.1) is 0 Å². The Morgan fingerprint density at radius 1 is 1.53 bits per heavy atom. The van der Waals surface area contributed by atoms with Gasteiger partial charge in [0.25, 0.3) is 10.1 Å². The van der Waals surface area contributed by atoms with E-state index in [4.69, 9.17) is 9.66 Å². The smallest absolute Gasteiger partial charge is 0.368 e. The molecule has 8 heteroatoms. The maximum Gasteiger partial charge on any atom is 0.368 e. The highest BCUT2D eigenvalue weighted by molar-refractivity contribution is 7.85. The highest BCUT2D eigenvalue weighted by Gasteiger charge is 2.15. The summed E-state index contributed by atoms with van der Waals surface area (Å²) in [4.78, 5) is 19.1. The molecule has 7 nitrogen and oxygen atoms in total. The van der Waals surface area contributed by atoms with Crippen molar-refractivity contribution in [2.45, 2.75) is 13.0 Å².